The average molecular weight is 458 g/mol. The van der Waals surface area contributed by atoms with Crippen LogP contribution in [-0.4, -0.2) is 54.2 Å². The van der Waals surface area contributed by atoms with E-state index in [1.165, 1.54) is 19.1 Å². The van der Waals surface area contributed by atoms with Gasteiger partial charge in [-0.1, -0.05) is 18.2 Å². The van der Waals surface area contributed by atoms with Crippen molar-refractivity contribution in [1.29, 1.82) is 0 Å². The molecule has 0 saturated heterocycles. The van der Waals surface area contributed by atoms with E-state index in [1.807, 2.05) is 0 Å². The summed E-state index contributed by atoms with van der Waals surface area (Å²) in [6.45, 7) is 6.44. The van der Waals surface area contributed by atoms with Crippen LogP contribution < -0.4 is 15.4 Å². The van der Waals surface area contributed by atoms with Crippen LogP contribution in [0.3, 0.4) is 0 Å². The van der Waals surface area contributed by atoms with Gasteiger partial charge in [0.1, 0.15) is 29.7 Å². The number of alkyl carbamates (subject to hydrolysis) is 1. The molecule has 0 aliphatic carbocycles. The Morgan fingerprint density at radius 1 is 1.09 bits per heavy atom. The molecule has 1 atom stereocenters. The summed E-state index contributed by atoms with van der Waals surface area (Å²) in [4.78, 5) is 39.2. The van der Waals surface area contributed by atoms with Gasteiger partial charge >= 0.3 is 6.09 Å². The Morgan fingerprint density at radius 3 is 2.30 bits per heavy atom. The van der Waals surface area contributed by atoms with Crippen molar-refractivity contribution in [3.63, 3.8) is 0 Å². The van der Waals surface area contributed by atoms with Gasteiger partial charge in [-0.2, -0.15) is 0 Å². The van der Waals surface area contributed by atoms with E-state index in [2.05, 4.69) is 10.6 Å². The first kappa shape index (κ1) is 25.5. The van der Waals surface area contributed by atoms with Gasteiger partial charge in [-0.05, 0) is 57.5 Å². The van der Waals surface area contributed by atoms with Gasteiger partial charge in [0, 0.05) is 18.3 Å². The number of likely N-dealkylation sites (N-methyl/N-ethyl adjacent to an activating group) is 1. The first-order valence-corrected chi connectivity index (χ1v) is 10.4. The second-order valence-electron chi connectivity index (χ2n) is 8.49. The Morgan fingerprint density at radius 2 is 1.73 bits per heavy atom. The van der Waals surface area contributed by atoms with Crippen LogP contribution >= 0.6 is 0 Å². The number of phenolic OH excluding ortho intramolecular Hbond substituents is 1. The fourth-order valence-corrected chi connectivity index (χ4v) is 3.04. The predicted molar refractivity (Wildman–Crippen MR) is 124 cm³/mol. The molecular formula is C24H31N3O6. The standard InChI is InChI=1S/C24H31N3O6/c1-15-8-7-9-18(21(15)29)20(22(30)26-16-10-12-17(32-6)13-11-16)27(5)19(28)14-25-23(31)33-24(2,3)4/h7-13,20,29H,14H2,1-6H3,(H,25,31)(H,26,30). The topological polar surface area (TPSA) is 117 Å². The minimum absolute atomic E-state index is 0.0906. The highest BCUT2D eigenvalue weighted by molar-refractivity contribution is 5.98. The molecule has 3 amide bonds. The number of rotatable bonds is 7. The van der Waals surface area contributed by atoms with Crippen LogP contribution in [-0.2, 0) is 14.3 Å². The van der Waals surface area contributed by atoms with Crippen molar-refractivity contribution in [1.82, 2.24) is 10.2 Å². The summed E-state index contributed by atoms with van der Waals surface area (Å²) in [7, 11) is 2.97. The third-order valence-corrected chi connectivity index (χ3v) is 4.73. The highest BCUT2D eigenvalue weighted by Gasteiger charge is 2.31. The first-order valence-electron chi connectivity index (χ1n) is 10.4. The van der Waals surface area contributed by atoms with Crippen molar-refractivity contribution in [2.75, 3.05) is 26.0 Å². The fourth-order valence-electron chi connectivity index (χ4n) is 3.04. The highest BCUT2D eigenvalue weighted by atomic mass is 16.6. The molecule has 0 bridgehead atoms. The van der Waals surface area contributed by atoms with Crippen LogP contribution in [0.4, 0.5) is 10.5 Å². The maximum absolute atomic E-state index is 13.2. The van der Waals surface area contributed by atoms with E-state index in [0.717, 1.165) is 0 Å². The number of carbonyl (C=O) groups excluding carboxylic acids is 3. The minimum atomic E-state index is -1.15. The van der Waals surface area contributed by atoms with Crippen LogP contribution in [0, 0.1) is 6.92 Å². The Bertz CT molecular complexity index is 998. The van der Waals surface area contributed by atoms with Crippen LogP contribution in [0.1, 0.15) is 37.9 Å². The molecule has 0 radical (unpaired) electrons. The van der Waals surface area contributed by atoms with Crippen molar-refractivity contribution in [3.8, 4) is 11.5 Å². The monoisotopic (exact) mass is 457 g/mol. The summed E-state index contributed by atoms with van der Waals surface area (Å²) in [5.41, 5.74) is 0.593. The van der Waals surface area contributed by atoms with Gasteiger partial charge in [0.15, 0.2) is 0 Å². The predicted octanol–water partition coefficient (Wildman–Crippen LogP) is 3.37. The second-order valence-corrected chi connectivity index (χ2v) is 8.49. The van der Waals surface area contributed by atoms with Crippen LogP contribution in [0.2, 0.25) is 0 Å². The third-order valence-electron chi connectivity index (χ3n) is 4.73. The van der Waals surface area contributed by atoms with Gasteiger partial charge in [-0.15, -0.1) is 0 Å². The van der Waals surface area contributed by atoms with E-state index in [-0.39, 0.29) is 17.9 Å². The lowest BCUT2D eigenvalue weighted by molar-refractivity contribution is -0.136. The molecular weight excluding hydrogens is 426 g/mol. The maximum Gasteiger partial charge on any atom is 0.408 e. The fraction of sp³-hybridized carbons (Fsp3) is 0.375. The average Bonchev–Trinajstić information content (AvgIpc) is 2.74. The molecule has 2 aromatic carbocycles. The SMILES string of the molecule is COc1ccc(NC(=O)C(c2cccc(C)c2O)N(C)C(=O)CNC(=O)OC(C)(C)C)cc1. The molecule has 0 aliphatic heterocycles. The number of amides is 3. The molecule has 2 aromatic rings. The van der Waals surface area contributed by atoms with Gasteiger partial charge in [-0.3, -0.25) is 9.59 Å². The lowest BCUT2D eigenvalue weighted by Crippen LogP contribution is -2.44. The summed E-state index contributed by atoms with van der Waals surface area (Å²) in [6.07, 6.45) is -0.748. The van der Waals surface area contributed by atoms with E-state index in [1.54, 1.807) is 70.2 Å². The Labute approximate surface area is 193 Å². The van der Waals surface area contributed by atoms with Gasteiger partial charge in [-0.25, -0.2) is 4.79 Å². The summed E-state index contributed by atoms with van der Waals surface area (Å²) in [6, 6.07) is 10.5. The second kappa shape index (κ2) is 10.7. The molecule has 1 unspecified atom stereocenters. The normalized spacial score (nSPS) is 11.8. The molecule has 0 fully saturated rings. The molecule has 9 nitrogen and oxygen atoms in total. The quantitative estimate of drug-likeness (QED) is 0.587. The number of hydrogen-bond acceptors (Lipinski definition) is 6. The highest BCUT2D eigenvalue weighted by Crippen LogP contribution is 2.32. The van der Waals surface area contributed by atoms with Crippen molar-refractivity contribution >= 4 is 23.6 Å². The van der Waals surface area contributed by atoms with Gasteiger partial charge in [0.2, 0.25) is 5.91 Å². The van der Waals surface area contributed by atoms with Gasteiger partial charge in [0.05, 0.1) is 7.11 Å². The number of nitrogens with zero attached hydrogens (tertiary/aromatic N) is 1. The molecule has 178 valence electrons. The van der Waals surface area contributed by atoms with E-state index in [0.29, 0.717) is 17.0 Å². The molecule has 9 heteroatoms. The van der Waals surface area contributed by atoms with E-state index < -0.39 is 29.6 Å². The number of aryl methyl sites for hydroxylation is 1. The molecule has 0 aromatic heterocycles. The molecule has 0 heterocycles. The number of nitrogens with one attached hydrogen (secondary N) is 2. The molecule has 33 heavy (non-hydrogen) atoms. The van der Waals surface area contributed by atoms with Crippen molar-refractivity contribution < 1.29 is 29.0 Å². The lowest BCUT2D eigenvalue weighted by Gasteiger charge is -2.29. The van der Waals surface area contributed by atoms with Gasteiger partial charge in [0.25, 0.3) is 5.91 Å². The maximum atomic E-state index is 13.2. The van der Waals surface area contributed by atoms with Crippen LogP contribution in [0.25, 0.3) is 0 Å². The number of methoxy groups -OCH3 is 1. The number of anilines is 1. The van der Waals surface area contributed by atoms with Crippen molar-refractivity contribution in [3.05, 3.63) is 53.6 Å². The summed E-state index contributed by atoms with van der Waals surface area (Å²) in [5, 5.41) is 15.8. The zero-order chi connectivity index (χ0) is 24.8. The Kier molecular flexibility index (Phi) is 8.28. The number of carbonyl (C=O) groups is 3. The summed E-state index contributed by atoms with van der Waals surface area (Å²) >= 11 is 0. The van der Waals surface area contributed by atoms with Gasteiger partial charge < -0.3 is 30.1 Å². The number of benzene rings is 2. The number of phenols is 1. The zero-order valence-corrected chi connectivity index (χ0v) is 19.8. The number of aromatic hydroxyl groups is 1. The van der Waals surface area contributed by atoms with Crippen LogP contribution in [0.5, 0.6) is 11.5 Å². The third kappa shape index (κ3) is 7.13. The molecule has 0 saturated carbocycles. The summed E-state index contributed by atoms with van der Waals surface area (Å²) in [5.74, 6) is -0.542. The molecule has 0 spiro atoms. The zero-order valence-electron chi connectivity index (χ0n) is 19.8. The Balaban J connectivity index is 2.26. The number of para-hydroxylation sites is 1. The largest absolute Gasteiger partial charge is 0.507 e. The lowest BCUT2D eigenvalue weighted by atomic mass is 10.0. The Hall–Kier alpha value is -3.75. The minimum Gasteiger partial charge on any atom is -0.507 e. The number of hydrogen-bond donors (Lipinski definition) is 3. The molecule has 0 aliphatic rings. The molecule has 2 rings (SSSR count). The smallest absolute Gasteiger partial charge is 0.408 e. The summed E-state index contributed by atoms with van der Waals surface area (Å²) < 4.78 is 10.3. The first-order chi connectivity index (χ1) is 15.4. The van der Waals surface area contributed by atoms with Crippen molar-refractivity contribution in [2.24, 2.45) is 0 Å². The van der Waals surface area contributed by atoms with Crippen molar-refractivity contribution in [2.45, 2.75) is 39.3 Å². The van der Waals surface area contributed by atoms with Crippen LogP contribution in [0.15, 0.2) is 42.5 Å². The number of ether oxygens (including phenoxy) is 2. The van der Waals surface area contributed by atoms with E-state index >= 15 is 0 Å². The van der Waals surface area contributed by atoms with E-state index in [9.17, 15) is 19.5 Å². The van der Waals surface area contributed by atoms with E-state index in [4.69, 9.17) is 9.47 Å². The molecule has 3 N–H and O–H groups in total.